The Hall–Kier alpha value is -1.39. The second-order valence-corrected chi connectivity index (χ2v) is 5.03. The van der Waals surface area contributed by atoms with Crippen LogP contribution in [0.4, 0.5) is 0 Å². The molecule has 1 fully saturated rings. The lowest BCUT2D eigenvalue weighted by atomic mass is 10.1. The summed E-state index contributed by atoms with van der Waals surface area (Å²) in [6.07, 6.45) is 4.86. The fraction of sp³-hybridized carbons (Fsp3) is 0.250. The molecule has 2 aromatic rings. The van der Waals surface area contributed by atoms with Gasteiger partial charge in [-0.25, -0.2) is 4.98 Å². The number of halogens is 2. The van der Waals surface area contributed by atoms with E-state index in [4.69, 9.17) is 27.7 Å². The van der Waals surface area contributed by atoms with Crippen molar-refractivity contribution in [3.63, 3.8) is 0 Å². The van der Waals surface area contributed by atoms with Crippen LogP contribution in [0.1, 0.15) is 40.6 Å². The molecule has 3 rings (SSSR count). The van der Waals surface area contributed by atoms with Crippen molar-refractivity contribution in [2.75, 3.05) is 0 Å². The van der Waals surface area contributed by atoms with E-state index in [1.165, 1.54) is 18.5 Å². The second kappa shape index (κ2) is 4.37. The first kappa shape index (κ1) is 11.7. The predicted molar refractivity (Wildman–Crippen MR) is 66.2 cm³/mol. The number of carbonyl (C=O) groups excluding carboxylic acids is 1. The van der Waals surface area contributed by atoms with Crippen molar-refractivity contribution in [3.8, 4) is 0 Å². The number of aromatic nitrogens is 2. The Kier molecular flexibility index (Phi) is 2.84. The highest BCUT2D eigenvalue weighted by Gasteiger charge is 2.33. The van der Waals surface area contributed by atoms with Crippen molar-refractivity contribution in [1.29, 1.82) is 0 Å². The van der Waals surface area contributed by atoms with Crippen LogP contribution >= 0.6 is 23.2 Å². The first-order valence-electron chi connectivity index (χ1n) is 5.47. The molecule has 0 atom stereocenters. The first-order chi connectivity index (χ1) is 8.66. The second-order valence-electron chi connectivity index (χ2n) is 4.19. The number of hydrogen-bond donors (Lipinski definition) is 0. The van der Waals surface area contributed by atoms with E-state index in [2.05, 4.69) is 10.1 Å². The summed E-state index contributed by atoms with van der Waals surface area (Å²) in [7, 11) is 0. The molecule has 2 aromatic heterocycles. The van der Waals surface area contributed by atoms with Gasteiger partial charge in [0.25, 0.3) is 0 Å². The van der Waals surface area contributed by atoms with Crippen LogP contribution in [-0.2, 0) is 0 Å². The Morgan fingerprint density at radius 1 is 1.33 bits per heavy atom. The summed E-state index contributed by atoms with van der Waals surface area (Å²) in [5.74, 6) is 0.658. The van der Waals surface area contributed by atoms with Crippen molar-refractivity contribution in [3.05, 3.63) is 45.5 Å². The number of rotatable bonds is 3. The molecular weight excluding hydrogens is 275 g/mol. The van der Waals surface area contributed by atoms with Crippen LogP contribution in [-0.4, -0.2) is 15.9 Å². The maximum absolute atomic E-state index is 12.3. The third-order valence-electron chi connectivity index (χ3n) is 2.81. The smallest absolute Gasteiger partial charge is 0.218 e. The van der Waals surface area contributed by atoms with Crippen LogP contribution < -0.4 is 0 Å². The van der Waals surface area contributed by atoms with Gasteiger partial charge in [-0.05, 0) is 18.9 Å². The molecule has 18 heavy (non-hydrogen) atoms. The van der Waals surface area contributed by atoms with E-state index in [0.717, 1.165) is 12.8 Å². The quantitative estimate of drug-likeness (QED) is 0.809. The molecule has 0 saturated heterocycles. The normalized spacial score (nSPS) is 14.8. The molecule has 6 heteroatoms. The van der Waals surface area contributed by atoms with Gasteiger partial charge in [0.05, 0.1) is 21.8 Å². The van der Waals surface area contributed by atoms with Crippen LogP contribution in [0.25, 0.3) is 0 Å². The molecular formula is C12H8Cl2N2O2. The molecule has 0 spiro atoms. The van der Waals surface area contributed by atoms with Gasteiger partial charge in [0.2, 0.25) is 5.78 Å². The number of carbonyl (C=O) groups is 1. The Balaban J connectivity index is 2.00. The topological polar surface area (TPSA) is 56.0 Å². The standard InChI is InChI=1S/C12H8Cl2N2O2/c13-7-3-9(14)10(15-4-7)11(17)8-5-16-18-12(8)6-1-2-6/h3-6H,1-2H2. The summed E-state index contributed by atoms with van der Waals surface area (Å²) >= 11 is 11.7. The van der Waals surface area contributed by atoms with Crippen molar-refractivity contribution >= 4 is 29.0 Å². The lowest BCUT2D eigenvalue weighted by Gasteiger charge is -2.02. The molecule has 4 nitrogen and oxygen atoms in total. The van der Waals surface area contributed by atoms with Crippen LogP contribution in [0.3, 0.4) is 0 Å². The van der Waals surface area contributed by atoms with Crippen LogP contribution in [0.2, 0.25) is 10.0 Å². The van der Waals surface area contributed by atoms with Gasteiger partial charge in [-0.15, -0.1) is 0 Å². The molecule has 0 N–H and O–H groups in total. The number of nitrogens with zero attached hydrogens (tertiary/aromatic N) is 2. The summed E-state index contributed by atoms with van der Waals surface area (Å²) in [4.78, 5) is 16.3. The minimum Gasteiger partial charge on any atom is -0.360 e. The van der Waals surface area contributed by atoms with E-state index in [-0.39, 0.29) is 16.5 Å². The van der Waals surface area contributed by atoms with Crippen LogP contribution in [0.5, 0.6) is 0 Å². The van der Waals surface area contributed by atoms with E-state index < -0.39 is 0 Å². The lowest BCUT2D eigenvalue weighted by molar-refractivity contribution is 0.103. The molecule has 0 radical (unpaired) electrons. The van der Waals surface area contributed by atoms with E-state index in [1.807, 2.05) is 0 Å². The minimum atomic E-state index is -0.278. The van der Waals surface area contributed by atoms with Gasteiger partial charge in [-0.2, -0.15) is 0 Å². The van der Waals surface area contributed by atoms with E-state index >= 15 is 0 Å². The summed E-state index contributed by atoms with van der Waals surface area (Å²) in [5.41, 5.74) is 0.611. The molecule has 2 heterocycles. The van der Waals surface area contributed by atoms with E-state index in [9.17, 15) is 4.79 Å². The number of pyridine rings is 1. The zero-order valence-electron chi connectivity index (χ0n) is 9.19. The third kappa shape index (κ3) is 2.02. The van der Waals surface area contributed by atoms with Gasteiger partial charge < -0.3 is 4.52 Å². The van der Waals surface area contributed by atoms with Crippen molar-refractivity contribution < 1.29 is 9.32 Å². The Morgan fingerprint density at radius 3 is 2.78 bits per heavy atom. The van der Waals surface area contributed by atoms with Crippen LogP contribution in [0, 0.1) is 0 Å². The zero-order chi connectivity index (χ0) is 12.7. The lowest BCUT2D eigenvalue weighted by Crippen LogP contribution is -2.06. The Morgan fingerprint density at radius 2 is 2.11 bits per heavy atom. The van der Waals surface area contributed by atoms with Crippen molar-refractivity contribution in [1.82, 2.24) is 10.1 Å². The van der Waals surface area contributed by atoms with Gasteiger partial charge in [0, 0.05) is 12.1 Å². The van der Waals surface area contributed by atoms with E-state index in [1.54, 1.807) is 0 Å². The minimum absolute atomic E-state index is 0.172. The van der Waals surface area contributed by atoms with Gasteiger partial charge in [0.15, 0.2) is 5.76 Å². The molecule has 0 aliphatic heterocycles. The molecule has 1 aliphatic rings. The fourth-order valence-electron chi connectivity index (χ4n) is 1.77. The highest BCUT2D eigenvalue weighted by molar-refractivity contribution is 6.37. The maximum atomic E-state index is 12.3. The number of ketones is 1. The predicted octanol–water partition coefficient (Wildman–Crippen LogP) is 3.48. The SMILES string of the molecule is O=C(c1cnoc1C1CC1)c1ncc(Cl)cc1Cl. The molecule has 0 aromatic carbocycles. The third-order valence-corrected chi connectivity index (χ3v) is 3.31. The van der Waals surface area contributed by atoms with Crippen molar-refractivity contribution in [2.24, 2.45) is 0 Å². The van der Waals surface area contributed by atoms with Crippen LogP contribution in [0.15, 0.2) is 23.0 Å². The molecule has 92 valence electrons. The van der Waals surface area contributed by atoms with Gasteiger partial charge in [0.1, 0.15) is 5.69 Å². The largest absolute Gasteiger partial charge is 0.360 e. The molecule has 1 saturated carbocycles. The average Bonchev–Trinajstić information content (AvgIpc) is 3.06. The Bertz CT molecular complexity index is 620. The van der Waals surface area contributed by atoms with Crippen molar-refractivity contribution in [2.45, 2.75) is 18.8 Å². The molecule has 0 bridgehead atoms. The molecule has 0 amide bonds. The molecule has 0 unspecified atom stereocenters. The summed E-state index contributed by atoms with van der Waals surface area (Å²) in [5, 5.41) is 4.31. The van der Waals surface area contributed by atoms with E-state index in [0.29, 0.717) is 22.3 Å². The Labute approximate surface area is 113 Å². The highest BCUT2D eigenvalue weighted by atomic mass is 35.5. The summed E-state index contributed by atoms with van der Waals surface area (Å²) in [6, 6.07) is 1.49. The molecule has 1 aliphatic carbocycles. The van der Waals surface area contributed by atoms with Gasteiger partial charge in [-0.1, -0.05) is 28.4 Å². The fourth-order valence-corrected chi connectivity index (χ4v) is 2.23. The van der Waals surface area contributed by atoms with Gasteiger partial charge in [-0.3, -0.25) is 4.79 Å². The summed E-state index contributed by atoms with van der Waals surface area (Å²) < 4.78 is 5.13. The maximum Gasteiger partial charge on any atom is 0.218 e. The monoisotopic (exact) mass is 282 g/mol. The zero-order valence-corrected chi connectivity index (χ0v) is 10.7. The first-order valence-corrected chi connectivity index (χ1v) is 6.22. The van der Waals surface area contributed by atoms with Gasteiger partial charge >= 0.3 is 0 Å². The average molecular weight is 283 g/mol. The summed E-state index contributed by atoms with van der Waals surface area (Å²) in [6.45, 7) is 0. The highest BCUT2D eigenvalue weighted by Crippen LogP contribution is 2.42. The number of hydrogen-bond acceptors (Lipinski definition) is 4.